The number of hydrogen-bond acceptors (Lipinski definition) is 3. The average Bonchev–Trinajstić information content (AvgIpc) is 2.75. The Morgan fingerprint density at radius 1 is 0.464 bits per heavy atom. The van der Waals surface area contributed by atoms with Crippen LogP contribution in [0.25, 0.3) is 22.3 Å². The molecule has 0 aromatic heterocycles. The lowest BCUT2D eigenvalue weighted by atomic mass is 10.0. The molecule has 0 bridgehead atoms. The molecule has 0 unspecified atom stereocenters. The van der Waals surface area contributed by atoms with Crippen LogP contribution in [-0.2, 0) is 10.1 Å². The molecule has 138 valence electrons. The molecule has 28 heavy (non-hydrogen) atoms. The summed E-state index contributed by atoms with van der Waals surface area (Å²) in [6, 6.07) is 33.6. The maximum atomic E-state index is 12.4. The fourth-order valence-electron chi connectivity index (χ4n) is 2.95. The maximum absolute atomic E-state index is 12.4. The molecular formula is C24H18O3S. The van der Waals surface area contributed by atoms with Crippen molar-refractivity contribution < 1.29 is 12.6 Å². The standard InChI is InChI=1S/C24H18O3S/c25-28(26,27-23-9-5-2-6-10-23)24-17-15-22(16-18-24)21-13-11-20(12-14-21)19-7-3-1-4-8-19/h1-18H. The van der Waals surface area contributed by atoms with Crippen LogP contribution in [0.15, 0.2) is 114 Å². The lowest BCUT2D eigenvalue weighted by molar-refractivity contribution is 0.486. The van der Waals surface area contributed by atoms with Gasteiger partial charge in [0.25, 0.3) is 0 Å². The van der Waals surface area contributed by atoms with E-state index in [2.05, 4.69) is 24.3 Å². The molecule has 0 amide bonds. The van der Waals surface area contributed by atoms with Gasteiger partial charge in [-0.25, -0.2) is 0 Å². The summed E-state index contributed by atoms with van der Waals surface area (Å²) in [4.78, 5) is 0.126. The first-order valence-corrected chi connectivity index (χ1v) is 10.3. The van der Waals surface area contributed by atoms with Crippen LogP contribution in [0.2, 0.25) is 0 Å². The first-order valence-electron chi connectivity index (χ1n) is 8.87. The van der Waals surface area contributed by atoms with Gasteiger partial charge in [0.15, 0.2) is 0 Å². The zero-order valence-electron chi connectivity index (χ0n) is 15.0. The highest BCUT2D eigenvalue weighted by Gasteiger charge is 2.16. The zero-order valence-corrected chi connectivity index (χ0v) is 15.8. The molecule has 0 radical (unpaired) electrons. The largest absolute Gasteiger partial charge is 0.379 e. The molecule has 0 saturated carbocycles. The van der Waals surface area contributed by atoms with E-state index in [0.717, 1.165) is 22.3 Å². The number of hydrogen-bond donors (Lipinski definition) is 0. The van der Waals surface area contributed by atoms with Crippen molar-refractivity contribution in [2.75, 3.05) is 0 Å². The van der Waals surface area contributed by atoms with E-state index in [9.17, 15) is 8.42 Å². The molecule has 3 nitrogen and oxygen atoms in total. The Labute approximate surface area is 165 Å². The van der Waals surface area contributed by atoms with Crippen molar-refractivity contribution >= 4 is 10.1 Å². The Kier molecular flexibility index (Phi) is 4.96. The van der Waals surface area contributed by atoms with Crippen molar-refractivity contribution in [1.82, 2.24) is 0 Å². The van der Waals surface area contributed by atoms with Gasteiger partial charge in [-0.1, -0.05) is 84.9 Å². The maximum Gasteiger partial charge on any atom is 0.339 e. The van der Waals surface area contributed by atoms with Gasteiger partial charge in [-0.2, -0.15) is 8.42 Å². The summed E-state index contributed by atoms with van der Waals surface area (Å²) in [5.41, 5.74) is 4.26. The van der Waals surface area contributed by atoms with Gasteiger partial charge in [-0.3, -0.25) is 0 Å². The molecule has 0 aliphatic heterocycles. The lowest BCUT2D eigenvalue weighted by Crippen LogP contribution is -2.09. The molecular weight excluding hydrogens is 368 g/mol. The Hall–Kier alpha value is -3.37. The Morgan fingerprint density at radius 2 is 0.857 bits per heavy atom. The van der Waals surface area contributed by atoms with Gasteiger partial charge in [0, 0.05) is 0 Å². The zero-order chi connectivity index (χ0) is 19.4. The van der Waals surface area contributed by atoms with Gasteiger partial charge >= 0.3 is 10.1 Å². The summed E-state index contributed by atoms with van der Waals surface area (Å²) in [7, 11) is -3.86. The molecule has 0 aliphatic rings. The molecule has 0 saturated heterocycles. The summed E-state index contributed by atoms with van der Waals surface area (Å²) < 4.78 is 30.0. The molecule has 4 aromatic carbocycles. The fraction of sp³-hybridized carbons (Fsp3) is 0. The summed E-state index contributed by atoms with van der Waals surface area (Å²) in [5.74, 6) is 0.295. The van der Waals surface area contributed by atoms with Gasteiger partial charge in [0.2, 0.25) is 0 Å². The minimum absolute atomic E-state index is 0.126. The third-order valence-corrected chi connectivity index (χ3v) is 5.68. The van der Waals surface area contributed by atoms with Gasteiger partial charge in [0.05, 0.1) is 0 Å². The third kappa shape index (κ3) is 3.97. The molecule has 4 aromatic rings. The number of rotatable bonds is 5. The van der Waals surface area contributed by atoms with Crippen molar-refractivity contribution in [3.63, 3.8) is 0 Å². The molecule has 0 heterocycles. The van der Waals surface area contributed by atoms with E-state index in [1.807, 2.05) is 30.3 Å². The van der Waals surface area contributed by atoms with Gasteiger partial charge in [-0.05, 0) is 46.5 Å². The lowest BCUT2D eigenvalue weighted by Gasteiger charge is -2.08. The van der Waals surface area contributed by atoms with Crippen molar-refractivity contribution in [1.29, 1.82) is 0 Å². The van der Waals surface area contributed by atoms with E-state index < -0.39 is 10.1 Å². The SMILES string of the molecule is O=S(=O)(Oc1ccccc1)c1ccc(-c2ccc(-c3ccccc3)cc2)cc1. The average molecular weight is 386 g/mol. The van der Waals surface area contributed by atoms with Crippen LogP contribution in [0, 0.1) is 0 Å². The van der Waals surface area contributed by atoms with Crippen LogP contribution in [0.5, 0.6) is 5.75 Å². The topological polar surface area (TPSA) is 43.4 Å². The number of benzene rings is 4. The highest BCUT2D eigenvalue weighted by molar-refractivity contribution is 7.87. The van der Waals surface area contributed by atoms with E-state index >= 15 is 0 Å². The smallest absolute Gasteiger partial charge is 0.339 e. The monoisotopic (exact) mass is 386 g/mol. The second-order valence-electron chi connectivity index (χ2n) is 6.32. The predicted molar refractivity (Wildman–Crippen MR) is 112 cm³/mol. The summed E-state index contributed by atoms with van der Waals surface area (Å²) >= 11 is 0. The Morgan fingerprint density at radius 3 is 1.36 bits per heavy atom. The first kappa shape index (κ1) is 18.0. The molecule has 0 fully saturated rings. The first-order chi connectivity index (χ1) is 13.6. The summed E-state index contributed by atoms with van der Waals surface area (Å²) in [6.45, 7) is 0. The fourth-order valence-corrected chi connectivity index (χ4v) is 3.88. The Bertz CT molecular complexity index is 1150. The minimum atomic E-state index is -3.86. The van der Waals surface area contributed by atoms with Crippen LogP contribution >= 0.6 is 0 Å². The van der Waals surface area contributed by atoms with Crippen LogP contribution in [0.1, 0.15) is 0 Å². The van der Waals surface area contributed by atoms with E-state index in [-0.39, 0.29) is 4.90 Å². The normalized spacial score (nSPS) is 11.1. The van der Waals surface area contributed by atoms with Crippen LogP contribution < -0.4 is 4.18 Å². The second kappa shape index (κ2) is 7.71. The predicted octanol–water partition coefficient (Wildman–Crippen LogP) is 5.79. The Balaban J connectivity index is 1.55. The van der Waals surface area contributed by atoms with Crippen LogP contribution in [-0.4, -0.2) is 8.42 Å². The minimum Gasteiger partial charge on any atom is -0.379 e. The third-order valence-electron chi connectivity index (χ3n) is 4.42. The summed E-state index contributed by atoms with van der Waals surface area (Å²) in [6.07, 6.45) is 0. The molecule has 4 rings (SSSR count). The molecule has 0 N–H and O–H groups in total. The molecule has 0 atom stereocenters. The highest BCUT2D eigenvalue weighted by atomic mass is 32.2. The van der Waals surface area contributed by atoms with Crippen molar-refractivity contribution in [3.8, 4) is 28.0 Å². The highest BCUT2D eigenvalue weighted by Crippen LogP contribution is 2.26. The summed E-state index contributed by atoms with van der Waals surface area (Å²) in [5, 5.41) is 0. The van der Waals surface area contributed by atoms with E-state index in [0.29, 0.717) is 5.75 Å². The molecule has 0 spiro atoms. The van der Waals surface area contributed by atoms with Gasteiger partial charge in [0.1, 0.15) is 10.6 Å². The van der Waals surface area contributed by atoms with Gasteiger partial charge in [-0.15, -0.1) is 0 Å². The van der Waals surface area contributed by atoms with Gasteiger partial charge < -0.3 is 4.18 Å². The van der Waals surface area contributed by atoms with Crippen LogP contribution in [0.4, 0.5) is 0 Å². The van der Waals surface area contributed by atoms with E-state index in [1.165, 1.54) is 0 Å². The second-order valence-corrected chi connectivity index (χ2v) is 7.86. The molecule has 0 aliphatic carbocycles. The van der Waals surface area contributed by atoms with E-state index in [4.69, 9.17) is 4.18 Å². The van der Waals surface area contributed by atoms with Crippen molar-refractivity contribution in [2.45, 2.75) is 4.90 Å². The van der Waals surface area contributed by atoms with E-state index in [1.54, 1.807) is 54.6 Å². The quantitative estimate of drug-likeness (QED) is 0.408. The number of para-hydroxylation sites is 1. The van der Waals surface area contributed by atoms with Crippen LogP contribution in [0.3, 0.4) is 0 Å². The van der Waals surface area contributed by atoms with Crippen molar-refractivity contribution in [3.05, 3.63) is 109 Å². The van der Waals surface area contributed by atoms with Crippen molar-refractivity contribution in [2.24, 2.45) is 0 Å². The molecule has 4 heteroatoms.